The number of aliphatic imine (C=N–C) groups is 1. The number of amidine groups is 1. The highest BCUT2D eigenvalue weighted by Crippen LogP contribution is 2.32. The van der Waals surface area contributed by atoms with Gasteiger partial charge in [0, 0.05) is 24.2 Å². The van der Waals surface area contributed by atoms with E-state index in [9.17, 15) is 0 Å². The first-order valence-electron chi connectivity index (χ1n) is 13.4. The van der Waals surface area contributed by atoms with Crippen molar-refractivity contribution in [1.82, 2.24) is 5.32 Å². The molecule has 1 aliphatic rings. The molecule has 197 valence electrons. The van der Waals surface area contributed by atoms with Crippen LogP contribution >= 0.6 is 0 Å². The fraction of sp³-hybridized carbons (Fsp3) is 0.206. The summed E-state index contributed by atoms with van der Waals surface area (Å²) in [4.78, 5) is 4.91. The number of hydrogen-bond donors (Lipinski definition) is 0. The molecule has 0 atom stereocenters. The van der Waals surface area contributed by atoms with Gasteiger partial charge >= 0.3 is 0 Å². The summed E-state index contributed by atoms with van der Waals surface area (Å²) in [6.45, 7) is 1.70. The predicted molar refractivity (Wildman–Crippen MR) is 157 cm³/mol. The summed E-state index contributed by atoms with van der Waals surface area (Å²) >= 11 is 0. The summed E-state index contributed by atoms with van der Waals surface area (Å²) in [5, 5.41) is 4.91. The molecule has 5 nitrogen and oxygen atoms in total. The highest BCUT2D eigenvalue weighted by Gasteiger charge is 2.21. The lowest BCUT2D eigenvalue weighted by Crippen LogP contribution is -2.10. The molecule has 1 heterocycles. The molecule has 4 aromatic carbocycles. The average molecular weight is 518 g/mol. The molecule has 39 heavy (non-hydrogen) atoms. The van der Waals surface area contributed by atoms with Crippen LogP contribution in [0.4, 0.5) is 0 Å². The van der Waals surface area contributed by atoms with E-state index >= 15 is 0 Å². The molecule has 0 aliphatic carbocycles. The van der Waals surface area contributed by atoms with Gasteiger partial charge in [-0.15, -0.1) is 0 Å². The third-order valence-electron chi connectivity index (χ3n) is 6.47. The van der Waals surface area contributed by atoms with Gasteiger partial charge in [-0.25, -0.2) is 10.3 Å². The van der Waals surface area contributed by atoms with E-state index in [0.717, 1.165) is 64.5 Å². The van der Waals surface area contributed by atoms with E-state index in [1.165, 1.54) is 0 Å². The van der Waals surface area contributed by atoms with Crippen LogP contribution in [0.25, 0.3) is 11.4 Å². The van der Waals surface area contributed by atoms with E-state index in [0.29, 0.717) is 25.6 Å². The third-order valence-corrected chi connectivity index (χ3v) is 6.47. The summed E-state index contributed by atoms with van der Waals surface area (Å²) in [6.07, 6.45) is 2.71. The fourth-order valence-corrected chi connectivity index (χ4v) is 4.43. The fourth-order valence-electron chi connectivity index (χ4n) is 4.43. The van der Waals surface area contributed by atoms with Gasteiger partial charge < -0.3 is 14.2 Å². The van der Waals surface area contributed by atoms with Crippen molar-refractivity contribution in [3.63, 3.8) is 0 Å². The predicted octanol–water partition coefficient (Wildman–Crippen LogP) is 7.50. The number of nitrogens with zero attached hydrogens (tertiary/aromatic N) is 2. The van der Waals surface area contributed by atoms with Crippen LogP contribution in [0.1, 0.15) is 41.5 Å². The molecular formula is C34H33N2O3. The van der Waals surface area contributed by atoms with Gasteiger partial charge in [0.15, 0.2) is 11.5 Å². The number of hydrogen-bond acceptors (Lipinski definition) is 4. The zero-order chi connectivity index (χ0) is 26.7. The minimum absolute atomic E-state index is 0.500. The number of ether oxygens (including phenoxy) is 3. The Morgan fingerprint density at radius 1 is 0.615 bits per heavy atom. The van der Waals surface area contributed by atoms with Crippen molar-refractivity contribution >= 4 is 17.2 Å². The topological polar surface area (TPSA) is 54.2 Å². The second-order valence-corrected chi connectivity index (χ2v) is 9.34. The van der Waals surface area contributed by atoms with Crippen LogP contribution in [0.15, 0.2) is 114 Å². The molecule has 0 N–H and O–H groups in total. The number of benzene rings is 4. The van der Waals surface area contributed by atoms with E-state index in [-0.39, 0.29) is 0 Å². The SMILES string of the molecule is COc1cc(COCCCCC2=NC(c3ccccc3)=C(c3ccccc3)[N]2)ccc1OCc1ccccc1. The molecule has 0 fully saturated rings. The van der Waals surface area contributed by atoms with E-state index in [4.69, 9.17) is 24.5 Å². The summed E-state index contributed by atoms with van der Waals surface area (Å²) < 4.78 is 17.5. The minimum Gasteiger partial charge on any atom is -0.493 e. The first kappa shape index (κ1) is 26.3. The van der Waals surface area contributed by atoms with E-state index in [1.54, 1.807) is 7.11 Å². The van der Waals surface area contributed by atoms with Crippen LogP contribution < -0.4 is 14.8 Å². The number of methoxy groups -OCH3 is 1. The number of rotatable bonds is 13. The van der Waals surface area contributed by atoms with Crippen molar-refractivity contribution in [1.29, 1.82) is 0 Å². The molecular weight excluding hydrogens is 484 g/mol. The van der Waals surface area contributed by atoms with Crippen LogP contribution in [0.5, 0.6) is 11.5 Å². The molecule has 5 heteroatoms. The highest BCUT2D eigenvalue weighted by molar-refractivity contribution is 6.07. The molecule has 4 aromatic rings. The van der Waals surface area contributed by atoms with Crippen LogP contribution in [0, 0.1) is 0 Å². The van der Waals surface area contributed by atoms with Gasteiger partial charge in [-0.3, -0.25) is 0 Å². The largest absolute Gasteiger partial charge is 0.493 e. The Morgan fingerprint density at radius 3 is 1.97 bits per heavy atom. The van der Waals surface area contributed by atoms with Crippen molar-refractivity contribution < 1.29 is 14.2 Å². The zero-order valence-electron chi connectivity index (χ0n) is 22.3. The van der Waals surface area contributed by atoms with Crippen LogP contribution in [-0.2, 0) is 18.0 Å². The lowest BCUT2D eigenvalue weighted by Gasteiger charge is -2.12. The summed E-state index contributed by atoms with van der Waals surface area (Å²) in [7, 11) is 1.66. The van der Waals surface area contributed by atoms with E-state index < -0.39 is 0 Å². The van der Waals surface area contributed by atoms with Gasteiger partial charge in [0.25, 0.3) is 0 Å². The third kappa shape index (κ3) is 7.15. The average Bonchev–Trinajstić information content (AvgIpc) is 3.44. The molecule has 0 bridgehead atoms. The molecule has 0 unspecified atom stereocenters. The summed E-state index contributed by atoms with van der Waals surface area (Å²) in [5.41, 5.74) is 6.23. The van der Waals surface area contributed by atoms with Gasteiger partial charge in [0.1, 0.15) is 12.4 Å². The second-order valence-electron chi connectivity index (χ2n) is 9.34. The Hall–Kier alpha value is -4.35. The van der Waals surface area contributed by atoms with Gasteiger partial charge in [-0.05, 0) is 36.1 Å². The Balaban J connectivity index is 1.08. The van der Waals surface area contributed by atoms with Crippen molar-refractivity contribution in [2.75, 3.05) is 13.7 Å². The summed E-state index contributed by atoms with van der Waals surface area (Å²) in [5.74, 6) is 2.32. The maximum Gasteiger partial charge on any atom is 0.161 e. The molecule has 0 amide bonds. The van der Waals surface area contributed by atoms with Crippen molar-refractivity contribution in [3.8, 4) is 11.5 Å². The maximum atomic E-state index is 5.96. The van der Waals surface area contributed by atoms with Gasteiger partial charge in [0.05, 0.1) is 25.1 Å². The Bertz CT molecular complexity index is 1400. The molecule has 0 aromatic heterocycles. The van der Waals surface area contributed by atoms with Crippen molar-refractivity contribution in [2.45, 2.75) is 32.5 Å². The van der Waals surface area contributed by atoms with Crippen molar-refractivity contribution in [3.05, 3.63) is 131 Å². The minimum atomic E-state index is 0.500. The molecule has 1 radical (unpaired) electrons. The highest BCUT2D eigenvalue weighted by atomic mass is 16.5. The molecule has 0 spiro atoms. The standard InChI is InChI=1S/C34H33N2O3/c1-37-31-23-27(20-21-30(31)39-25-26-13-5-2-6-14-26)24-38-22-12-11-19-32-35-33(28-15-7-3-8-16-28)34(36-32)29-17-9-4-10-18-29/h2-10,13-18,20-21,23H,11-12,19,22,24-25H2,1H3. The normalized spacial score (nSPS) is 12.7. The van der Waals surface area contributed by atoms with Crippen LogP contribution in [0.3, 0.4) is 0 Å². The quantitative estimate of drug-likeness (QED) is 0.173. The Kier molecular flexibility index (Phi) is 9.06. The monoisotopic (exact) mass is 517 g/mol. The second kappa shape index (κ2) is 13.4. The molecule has 0 saturated heterocycles. The lowest BCUT2D eigenvalue weighted by molar-refractivity contribution is 0.117. The maximum absolute atomic E-state index is 5.96. The van der Waals surface area contributed by atoms with Gasteiger partial charge in [-0.1, -0.05) is 97.1 Å². The first-order chi connectivity index (χ1) is 19.3. The Labute approximate surface area is 230 Å². The molecule has 1 aliphatic heterocycles. The Morgan fingerprint density at radius 2 is 1.28 bits per heavy atom. The lowest BCUT2D eigenvalue weighted by atomic mass is 10.1. The smallest absolute Gasteiger partial charge is 0.161 e. The zero-order valence-corrected chi connectivity index (χ0v) is 22.3. The van der Waals surface area contributed by atoms with E-state index in [1.807, 2.05) is 84.9 Å². The molecule has 5 rings (SSSR count). The summed E-state index contributed by atoms with van der Waals surface area (Å²) in [6, 6.07) is 36.6. The molecule has 0 saturated carbocycles. The van der Waals surface area contributed by atoms with Gasteiger partial charge in [0.2, 0.25) is 0 Å². The van der Waals surface area contributed by atoms with Gasteiger partial charge in [-0.2, -0.15) is 0 Å². The number of unbranched alkanes of at least 4 members (excludes halogenated alkanes) is 1. The van der Waals surface area contributed by atoms with Crippen LogP contribution in [0.2, 0.25) is 0 Å². The van der Waals surface area contributed by atoms with Crippen LogP contribution in [-0.4, -0.2) is 19.6 Å². The van der Waals surface area contributed by atoms with E-state index in [2.05, 4.69) is 24.3 Å². The van der Waals surface area contributed by atoms with Crippen molar-refractivity contribution in [2.24, 2.45) is 4.99 Å². The first-order valence-corrected chi connectivity index (χ1v) is 13.4.